The second-order valence-corrected chi connectivity index (χ2v) is 6.29. The van der Waals surface area contributed by atoms with E-state index in [4.69, 9.17) is 0 Å². The molecule has 3 heterocycles. The lowest BCUT2D eigenvalue weighted by Crippen LogP contribution is -2.33. The summed E-state index contributed by atoms with van der Waals surface area (Å²) < 4.78 is 1.98. The van der Waals surface area contributed by atoms with Gasteiger partial charge in [-0.3, -0.25) is 9.20 Å². The highest BCUT2D eigenvalue weighted by molar-refractivity contribution is 7.15. The molecule has 1 aliphatic rings. The Balaban J connectivity index is 1.65. The van der Waals surface area contributed by atoms with E-state index < -0.39 is 0 Å². The van der Waals surface area contributed by atoms with Crippen LogP contribution in [0.15, 0.2) is 17.8 Å². The van der Waals surface area contributed by atoms with E-state index >= 15 is 0 Å². The van der Waals surface area contributed by atoms with Crippen LogP contribution in [-0.4, -0.2) is 33.3 Å². The molecule has 3 rings (SSSR count). The van der Waals surface area contributed by atoms with E-state index in [0.29, 0.717) is 6.42 Å². The Morgan fingerprint density at radius 3 is 3.21 bits per heavy atom. The highest BCUT2D eigenvalue weighted by atomic mass is 32.1. The van der Waals surface area contributed by atoms with Crippen LogP contribution in [0.5, 0.6) is 0 Å². The summed E-state index contributed by atoms with van der Waals surface area (Å²) in [6, 6.07) is 0. The molecule has 2 aromatic rings. The molecule has 0 bridgehead atoms. The number of imidazole rings is 1. The Hall–Kier alpha value is -1.36. The number of carbonyl (C=O) groups is 1. The summed E-state index contributed by atoms with van der Waals surface area (Å²) in [5, 5.41) is 2.00. The van der Waals surface area contributed by atoms with Crippen LogP contribution in [0.4, 0.5) is 0 Å². The molecule has 1 fully saturated rings. The third-order valence-corrected chi connectivity index (χ3v) is 4.62. The maximum Gasteiger partial charge on any atom is 0.228 e. The van der Waals surface area contributed by atoms with Gasteiger partial charge in [-0.1, -0.05) is 6.92 Å². The van der Waals surface area contributed by atoms with Gasteiger partial charge in [-0.2, -0.15) is 0 Å². The summed E-state index contributed by atoms with van der Waals surface area (Å²) in [5.74, 6) is 0.968. The molecule has 0 radical (unpaired) electrons. The maximum absolute atomic E-state index is 12.3. The molecule has 0 aromatic carbocycles. The fraction of sp³-hybridized carbons (Fsp3) is 0.571. The summed E-state index contributed by atoms with van der Waals surface area (Å²) in [5.41, 5.74) is 0.883. The molecule has 2 aromatic heterocycles. The average molecular weight is 277 g/mol. The SMILES string of the molecule is C[C@@H]1CCCN(C(=O)Cc2cn3ccsc3n2)CC1. The molecule has 0 N–H and O–H groups in total. The van der Waals surface area contributed by atoms with Crippen LogP contribution in [0.3, 0.4) is 0 Å². The van der Waals surface area contributed by atoms with Crippen molar-refractivity contribution in [3.63, 3.8) is 0 Å². The molecule has 5 heteroatoms. The highest BCUT2D eigenvalue weighted by Crippen LogP contribution is 2.18. The molecule has 1 aliphatic heterocycles. The molecule has 1 atom stereocenters. The smallest absolute Gasteiger partial charge is 0.228 e. The Morgan fingerprint density at radius 1 is 1.47 bits per heavy atom. The molecule has 0 saturated carbocycles. The number of carbonyl (C=O) groups excluding carboxylic acids is 1. The highest BCUT2D eigenvalue weighted by Gasteiger charge is 2.19. The lowest BCUT2D eigenvalue weighted by atomic mass is 10.0. The van der Waals surface area contributed by atoms with Crippen molar-refractivity contribution in [2.45, 2.75) is 32.6 Å². The van der Waals surface area contributed by atoms with Crippen molar-refractivity contribution in [1.29, 1.82) is 0 Å². The maximum atomic E-state index is 12.3. The van der Waals surface area contributed by atoms with Gasteiger partial charge in [0.15, 0.2) is 4.96 Å². The van der Waals surface area contributed by atoms with E-state index in [1.807, 2.05) is 27.1 Å². The van der Waals surface area contributed by atoms with Crippen molar-refractivity contribution in [3.8, 4) is 0 Å². The van der Waals surface area contributed by atoms with Gasteiger partial charge in [0.25, 0.3) is 0 Å². The molecule has 102 valence electrons. The number of hydrogen-bond acceptors (Lipinski definition) is 3. The van der Waals surface area contributed by atoms with Crippen molar-refractivity contribution in [2.24, 2.45) is 5.92 Å². The molecular formula is C14H19N3OS. The topological polar surface area (TPSA) is 37.6 Å². The van der Waals surface area contributed by atoms with E-state index in [1.54, 1.807) is 11.3 Å². The zero-order valence-electron chi connectivity index (χ0n) is 11.2. The number of amides is 1. The number of nitrogens with zero attached hydrogens (tertiary/aromatic N) is 3. The first-order valence-electron chi connectivity index (χ1n) is 6.91. The van der Waals surface area contributed by atoms with E-state index in [2.05, 4.69) is 11.9 Å². The van der Waals surface area contributed by atoms with Crippen LogP contribution in [0.2, 0.25) is 0 Å². The zero-order chi connectivity index (χ0) is 13.2. The summed E-state index contributed by atoms with van der Waals surface area (Å²) in [7, 11) is 0. The first kappa shape index (κ1) is 12.7. The van der Waals surface area contributed by atoms with Gasteiger partial charge in [-0.15, -0.1) is 11.3 Å². The Morgan fingerprint density at radius 2 is 2.37 bits per heavy atom. The number of thiazole rings is 1. The molecular weight excluding hydrogens is 258 g/mol. The van der Waals surface area contributed by atoms with Gasteiger partial charge in [-0.25, -0.2) is 4.98 Å². The lowest BCUT2D eigenvalue weighted by molar-refractivity contribution is -0.130. The van der Waals surface area contributed by atoms with Gasteiger partial charge in [0, 0.05) is 30.9 Å². The van der Waals surface area contributed by atoms with Crippen molar-refractivity contribution < 1.29 is 4.79 Å². The van der Waals surface area contributed by atoms with Crippen LogP contribution < -0.4 is 0 Å². The van der Waals surface area contributed by atoms with Crippen LogP contribution in [0.25, 0.3) is 4.96 Å². The minimum absolute atomic E-state index is 0.222. The molecule has 4 nitrogen and oxygen atoms in total. The molecule has 1 saturated heterocycles. The van der Waals surface area contributed by atoms with E-state index in [-0.39, 0.29) is 5.91 Å². The zero-order valence-corrected chi connectivity index (χ0v) is 12.0. The molecule has 0 spiro atoms. The lowest BCUT2D eigenvalue weighted by Gasteiger charge is -2.19. The quantitative estimate of drug-likeness (QED) is 0.846. The summed E-state index contributed by atoms with van der Waals surface area (Å²) in [4.78, 5) is 19.8. The fourth-order valence-corrected chi connectivity index (χ4v) is 3.36. The fourth-order valence-electron chi connectivity index (χ4n) is 2.64. The summed E-state index contributed by atoms with van der Waals surface area (Å²) >= 11 is 1.60. The largest absolute Gasteiger partial charge is 0.342 e. The van der Waals surface area contributed by atoms with E-state index in [1.165, 1.54) is 6.42 Å². The van der Waals surface area contributed by atoms with Gasteiger partial charge >= 0.3 is 0 Å². The standard InChI is InChI=1S/C14H19N3OS/c1-11-3-2-5-16(6-4-11)13(18)9-12-10-17-7-8-19-14(17)15-12/h7-8,10-11H,2-6,9H2,1H3/t11-/m1/s1. The third-order valence-electron chi connectivity index (χ3n) is 3.84. The third kappa shape index (κ3) is 2.81. The van der Waals surface area contributed by atoms with Crippen molar-refractivity contribution >= 4 is 22.2 Å². The second kappa shape index (κ2) is 5.33. The minimum atomic E-state index is 0.222. The molecule has 1 amide bonds. The predicted molar refractivity (Wildman–Crippen MR) is 76.4 cm³/mol. The van der Waals surface area contributed by atoms with Crippen molar-refractivity contribution in [1.82, 2.24) is 14.3 Å². The molecule has 0 unspecified atom stereocenters. The first-order valence-corrected chi connectivity index (χ1v) is 7.79. The van der Waals surface area contributed by atoms with Crippen LogP contribution >= 0.6 is 11.3 Å². The number of fused-ring (bicyclic) bond motifs is 1. The predicted octanol–water partition coefficient (Wildman–Crippen LogP) is 2.59. The number of likely N-dealkylation sites (tertiary alicyclic amines) is 1. The van der Waals surface area contributed by atoms with E-state index in [9.17, 15) is 4.79 Å². The Bertz CT molecular complexity index is 546. The van der Waals surface area contributed by atoms with Crippen molar-refractivity contribution in [3.05, 3.63) is 23.5 Å². The number of hydrogen-bond donors (Lipinski definition) is 0. The summed E-state index contributed by atoms with van der Waals surface area (Å²) in [6.07, 6.45) is 7.88. The van der Waals surface area contributed by atoms with E-state index in [0.717, 1.165) is 42.5 Å². The molecule has 0 aliphatic carbocycles. The Kier molecular flexibility index (Phi) is 3.55. The van der Waals surface area contributed by atoms with Crippen LogP contribution in [0.1, 0.15) is 31.9 Å². The normalized spacial score (nSPS) is 20.7. The van der Waals surface area contributed by atoms with Gasteiger partial charge in [0.1, 0.15) is 0 Å². The minimum Gasteiger partial charge on any atom is -0.342 e. The van der Waals surface area contributed by atoms with Gasteiger partial charge in [0.05, 0.1) is 12.1 Å². The average Bonchev–Trinajstić information content (AvgIpc) is 2.86. The van der Waals surface area contributed by atoms with Gasteiger partial charge in [0.2, 0.25) is 5.91 Å². The second-order valence-electron chi connectivity index (χ2n) is 5.42. The Labute approximate surface area is 117 Å². The molecule has 19 heavy (non-hydrogen) atoms. The van der Waals surface area contributed by atoms with Crippen LogP contribution in [-0.2, 0) is 11.2 Å². The van der Waals surface area contributed by atoms with Crippen LogP contribution in [0, 0.1) is 5.92 Å². The monoisotopic (exact) mass is 277 g/mol. The first-order chi connectivity index (χ1) is 9.22. The number of rotatable bonds is 2. The van der Waals surface area contributed by atoms with Gasteiger partial charge in [-0.05, 0) is 25.2 Å². The summed E-state index contributed by atoms with van der Waals surface area (Å²) in [6.45, 7) is 4.09. The van der Waals surface area contributed by atoms with Gasteiger partial charge < -0.3 is 4.90 Å². The number of aromatic nitrogens is 2. The van der Waals surface area contributed by atoms with Crippen molar-refractivity contribution in [2.75, 3.05) is 13.1 Å².